The molecule has 0 bridgehead atoms. The number of carbonyl (C=O) groups is 1. The van der Waals surface area contributed by atoms with Crippen LogP contribution in [0.25, 0.3) is 0 Å². The normalized spacial score (nSPS) is 11.3. The molecule has 0 spiro atoms. The van der Waals surface area contributed by atoms with Crippen LogP contribution in [0.4, 0.5) is 0 Å². The average Bonchev–Trinajstić information content (AvgIpc) is 2.35. The molecular weight excluding hydrogens is 307 g/mol. The Morgan fingerprint density at radius 2 is 1.43 bits per heavy atom. The van der Waals surface area contributed by atoms with Crippen molar-refractivity contribution < 1.29 is 9.53 Å². The zero-order valence-electron chi connectivity index (χ0n) is 12.1. The number of hydrogen-bond donors (Lipinski definition) is 0. The molecule has 0 atom stereocenters. The maximum absolute atomic E-state index is 12.4. The maximum Gasteiger partial charge on any atom is 0.193 e. The Bertz CT molecular complexity index is 635. The molecule has 0 saturated heterocycles. The molecule has 2 rings (SSSR count). The van der Waals surface area contributed by atoms with Crippen LogP contribution < -0.4 is 4.74 Å². The third-order valence-electron chi connectivity index (χ3n) is 2.67. The summed E-state index contributed by atoms with van der Waals surface area (Å²) in [4.78, 5) is 12.4. The first-order chi connectivity index (χ1) is 9.74. The van der Waals surface area contributed by atoms with E-state index in [1.807, 2.05) is 20.8 Å². The number of ketones is 1. The molecule has 0 unspecified atom stereocenters. The summed E-state index contributed by atoms with van der Waals surface area (Å²) in [5, 5.41) is 0.886. The zero-order valence-corrected chi connectivity index (χ0v) is 13.6. The van der Waals surface area contributed by atoms with Gasteiger partial charge in [0.05, 0.1) is 0 Å². The largest absolute Gasteiger partial charge is 0.488 e. The van der Waals surface area contributed by atoms with E-state index in [4.69, 9.17) is 27.9 Å². The summed E-state index contributed by atoms with van der Waals surface area (Å²) in [6.07, 6.45) is 0. The van der Waals surface area contributed by atoms with Crippen molar-refractivity contribution in [3.63, 3.8) is 0 Å². The van der Waals surface area contributed by atoms with Crippen molar-refractivity contribution in [2.24, 2.45) is 0 Å². The number of halogens is 2. The van der Waals surface area contributed by atoms with E-state index in [-0.39, 0.29) is 11.4 Å². The molecule has 0 heterocycles. The van der Waals surface area contributed by atoms with Crippen LogP contribution in [0, 0.1) is 0 Å². The van der Waals surface area contributed by atoms with Crippen LogP contribution in [0.15, 0.2) is 42.5 Å². The van der Waals surface area contributed by atoms with Crippen molar-refractivity contribution in [1.29, 1.82) is 0 Å². The third-order valence-corrected chi connectivity index (χ3v) is 3.10. The van der Waals surface area contributed by atoms with Gasteiger partial charge >= 0.3 is 0 Å². The lowest BCUT2D eigenvalue weighted by atomic mass is 10.0. The van der Waals surface area contributed by atoms with E-state index in [9.17, 15) is 4.79 Å². The Morgan fingerprint density at radius 1 is 0.905 bits per heavy atom. The maximum atomic E-state index is 12.4. The monoisotopic (exact) mass is 322 g/mol. The van der Waals surface area contributed by atoms with E-state index in [1.54, 1.807) is 42.5 Å². The Balaban J connectivity index is 2.24. The summed E-state index contributed by atoms with van der Waals surface area (Å²) in [6.45, 7) is 5.92. The van der Waals surface area contributed by atoms with Crippen LogP contribution >= 0.6 is 23.2 Å². The van der Waals surface area contributed by atoms with Crippen molar-refractivity contribution >= 4 is 29.0 Å². The van der Waals surface area contributed by atoms with Gasteiger partial charge in [0.2, 0.25) is 0 Å². The molecule has 0 aliphatic carbocycles. The smallest absolute Gasteiger partial charge is 0.193 e. The minimum atomic E-state index is -0.272. The summed E-state index contributed by atoms with van der Waals surface area (Å²) in [5.41, 5.74) is 0.762. The van der Waals surface area contributed by atoms with Gasteiger partial charge in [0, 0.05) is 21.2 Å². The lowest BCUT2D eigenvalue weighted by Gasteiger charge is -2.21. The van der Waals surface area contributed by atoms with Crippen molar-refractivity contribution in [3.05, 3.63) is 63.6 Å². The molecule has 0 amide bonds. The van der Waals surface area contributed by atoms with Crippen molar-refractivity contribution in [3.8, 4) is 5.75 Å². The molecule has 0 radical (unpaired) electrons. The van der Waals surface area contributed by atoms with Gasteiger partial charge in [-0.3, -0.25) is 4.79 Å². The fourth-order valence-electron chi connectivity index (χ4n) is 1.88. The number of rotatable bonds is 3. The van der Waals surface area contributed by atoms with Gasteiger partial charge in [0.15, 0.2) is 5.78 Å². The molecule has 0 N–H and O–H groups in total. The van der Waals surface area contributed by atoms with E-state index in [2.05, 4.69) is 0 Å². The Morgan fingerprint density at radius 3 is 1.90 bits per heavy atom. The topological polar surface area (TPSA) is 26.3 Å². The van der Waals surface area contributed by atoms with Gasteiger partial charge in [-0.05, 0) is 63.2 Å². The Kier molecular flexibility index (Phi) is 4.60. The highest BCUT2D eigenvalue weighted by molar-refractivity contribution is 6.35. The third kappa shape index (κ3) is 4.48. The van der Waals surface area contributed by atoms with Crippen LogP contribution in [0.3, 0.4) is 0 Å². The molecule has 0 aliphatic rings. The van der Waals surface area contributed by atoms with Gasteiger partial charge in [-0.15, -0.1) is 0 Å². The van der Waals surface area contributed by atoms with Crippen molar-refractivity contribution in [2.75, 3.05) is 0 Å². The van der Waals surface area contributed by atoms with E-state index in [0.29, 0.717) is 21.2 Å². The number of hydrogen-bond acceptors (Lipinski definition) is 2. The first-order valence-electron chi connectivity index (χ1n) is 6.54. The van der Waals surface area contributed by atoms with E-state index < -0.39 is 0 Å². The number of benzene rings is 2. The van der Waals surface area contributed by atoms with Crippen molar-refractivity contribution in [2.45, 2.75) is 26.4 Å². The minimum Gasteiger partial charge on any atom is -0.488 e. The molecule has 2 nitrogen and oxygen atoms in total. The Hall–Kier alpha value is -1.51. The van der Waals surface area contributed by atoms with Gasteiger partial charge in [-0.2, -0.15) is 0 Å². The highest BCUT2D eigenvalue weighted by Crippen LogP contribution is 2.23. The standard InChI is InChI=1S/C17H16Cl2O2/c1-17(2,3)21-15-6-4-11(5-7-15)16(20)12-8-13(18)10-14(19)9-12/h4-10H,1-3H3. The second-order valence-electron chi connectivity index (χ2n) is 5.73. The molecular formula is C17H16Cl2O2. The van der Waals surface area contributed by atoms with Crippen molar-refractivity contribution in [1.82, 2.24) is 0 Å². The van der Waals surface area contributed by atoms with E-state index in [0.717, 1.165) is 5.75 Å². The first kappa shape index (κ1) is 15.9. The lowest BCUT2D eigenvalue weighted by molar-refractivity contribution is 0.103. The molecule has 4 heteroatoms. The molecule has 2 aromatic rings. The van der Waals surface area contributed by atoms with Crippen LogP contribution in [0.2, 0.25) is 10.0 Å². The Labute approximate surface area is 134 Å². The molecule has 0 aliphatic heterocycles. The fourth-order valence-corrected chi connectivity index (χ4v) is 2.41. The number of ether oxygens (including phenoxy) is 1. The van der Waals surface area contributed by atoms with Crippen LogP contribution in [0.1, 0.15) is 36.7 Å². The molecule has 21 heavy (non-hydrogen) atoms. The van der Waals surface area contributed by atoms with E-state index >= 15 is 0 Å². The molecule has 0 aromatic heterocycles. The fraction of sp³-hybridized carbons (Fsp3) is 0.235. The highest BCUT2D eigenvalue weighted by Gasteiger charge is 2.14. The van der Waals surface area contributed by atoms with Crippen LogP contribution in [-0.4, -0.2) is 11.4 Å². The van der Waals surface area contributed by atoms with Crippen LogP contribution in [0.5, 0.6) is 5.75 Å². The molecule has 0 saturated carbocycles. The summed E-state index contributed by atoms with van der Waals surface area (Å²) in [5.74, 6) is 0.602. The SMILES string of the molecule is CC(C)(C)Oc1ccc(C(=O)c2cc(Cl)cc(Cl)c2)cc1. The minimum absolute atomic E-state index is 0.123. The average molecular weight is 323 g/mol. The molecule has 110 valence electrons. The predicted octanol–water partition coefficient (Wildman–Crippen LogP) is 5.40. The molecule has 0 fully saturated rings. The van der Waals surface area contributed by atoms with Crippen LogP contribution in [-0.2, 0) is 0 Å². The zero-order chi connectivity index (χ0) is 15.6. The van der Waals surface area contributed by atoms with Gasteiger partial charge < -0.3 is 4.74 Å². The summed E-state index contributed by atoms with van der Waals surface area (Å²) in [7, 11) is 0. The van der Waals surface area contributed by atoms with Gasteiger partial charge in [-0.25, -0.2) is 0 Å². The second kappa shape index (κ2) is 6.08. The second-order valence-corrected chi connectivity index (χ2v) is 6.60. The summed E-state index contributed by atoms with van der Waals surface area (Å²) < 4.78 is 5.73. The summed E-state index contributed by atoms with van der Waals surface area (Å²) >= 11 is 11.8. The highest BCUT2D eigenvalue weighted by atomic mass is 35.5. The quantitative estimate of drug-likeness (QED) is 0.707. The molecule has 2 aromatic carbocycles. The summed E-state index contributed by atoms with van der Waals surface area (Å²) in [6, 6.07) is 11.8. The van der Waals surface area contributed by atoms with Gasteiger partial charge in [0.1, 0.15) is 11.4 Å². The van der Waals surface area contributed by atoms with Gasteiger partial charge in [-0.1, -0.05) is 23.2 Å². The van der Waals surface area contributed by atoms with Gasteiger partial charge in [0.25, 0.3) is 0 Å². The number of carbonyl (C=O) groups excluding carboxylic acids is 1. The predicted molar refractivity (Wildman–Crippen MR) is 86.7 cm³/mol. The van der Waals surface area contributed by atoms with E-state index in [1.165, 1.54) is 0 Å². The first-order valence-corrected chi connectivity index (χ1v) is 7.30. The lowest BCUT2D eigenvalue weighted by Crippen LogP contribution is -2.22.